The number of aryl methyl sites for hydroxylation is 1. The molecule has 0 atom stereocenters. The monoisotopic (exact) mass is 498 g/mol. The zero-order valence-corrected chi connectivity index (χ0v) is 16.8. The summed E-state index contributed by atoms with van der Waals surface area (Å²) in [5.74, 6) is -0.556. The molecular weight excluding hydrogens is 477 g/mol. The summed E-state index contributed by atoms with van der Waals surface area (Å²) < 4.78 is 12.9. The fourth-order valence-corrected chi connectivity index (χ4v) is 3.79. The summed E-state index contributed by atoms with van der Waals surface area (Å²) in [6.07, 6.45) is 7.56. The van der Waals surface area contributed by atoms with E-state index in [1.54, 1.807) is 25.4 Å². The first kappa shape index (κ1) is 17.2. The van der Waals surface area contributed by atoms with E-state index in [1.807, 2.05) is 0 Å². The number of rotatable bonds is 4. The Kier molecular flexibility index (Phi) is 6.22. The Morgan fingerprint density at radius 2 is 2.05 bits per heavy atom. The maximum atomic E-state index is 12.2. The van der Waals surface area contributed by atoms with Crippen molar-refractivity contribution in [2.45, 2.75) is 35.3 Å². The van der Waals surface area contributed by atoms with Crippen molar-refractivity contribution in [1.82, 2.24) is 4.57 Å². The number of hydrogen-bond donors (Lipinski definition) is 0. The molecule has 0 unspecified atom stereocenters. The van der Waals surface area contributed by atoms with Gasteiger partial charge < -0.3 is 0 Å². The Balaban J connectivity index is 2.23. The number of carbonyl (C=O) groups excluding carboxylic acids is 1. The summed E-state index contributed by atoms with van der Waals surface area (Å²) in [5, 5.41) is 0. The Bertz CT molecular complexity index is 615. The number of esters is 1. The number of carbonyl (C=O) groups is 1. The predicted octanol–water partition coefficient (Wildman–Crippen LogP) is 1.82. The minimum atomic E-state index is -0.556. The zero-order valence-electron chi connectivity index (χ0n) is 12.9. The van der Waals surface area contributed by atoms with E-state index in [1.165, 1.54) is 56.5 Å². The molecule has 1 aromatic heterocycles. The van der Waals surface area contributed by atoms with Crippen LogP contribution in [0.5, 0.6) is 0 Å². The van der Waals surface area contributed by atoms with Crippen LogP contribution in [0.3, 0.4) is 0 Å². The summed E-state index contributed by atoms with van der Waals surface area (Å²) >= 11 is 1.23. The van der Waals surface area contributed by atoms with Crippen LogP contribution in [0.4, 0.5) is 0 Å². The van der Waals surface area contributed by atoms with E-state index in [2.05, 4.69) is 0 Å². The van der Waals surface area contributed by atoms with Gasteiger partial charge in [0.05, 0.1) is 0 Å². The van der Waals surface area contributed by atoms with Gasteiger partial charge in [0.2, 0.25) is 0 Å². The van der Waals surface area contributed by atoms with Crippen LogP contribution in [0.2, 0.25) is 3.48 Å². The molecule has 0 aromatic carbocycles. The molecule has 0 saturated heterocycles. The Morgan fingerprint density at radius 3 is 2.68 bits per heavy atom. The van der Waals surface area contributed by atoms with Gasteiger partial charge in [0.1, 0.15) is 0 Å². The number of methoxy groups -OCH3 is 1. The van der Waals surface area contributed by atoms with E-state index in [4.69, 9.17) is 9.47 Å². The van der Waals surface area contributed by atoms with E-state index < -0.39 is 5.97 Å². The van der Waals surface area contributed by atoms with Crippen molar-refractivity contribution >= 4 is 37.3 Å². The quantitative estimate of drug-likeness (QED) is 0.276. The van der Waals surface area contributed by atoms with Crippen molar-refractivity contribution in [2.75, 3.05) is 7.11 Å². The standard InChI is InChI=1S/C16H20NO4.Pb/c1-17-10-6-9-13(15(17)18)14(16(19)20-2)11-21-12-7-4-3-5-8-12;/h3,6,9-12H,4-5,7-8H2,1-2H3;/b14-11+;. The molecule has 0 bridgehead atoms. The molecule has 117 valence electrons. The van der Waals surface area contributed by atoms with Gasteiger partial charge in [-0.1, -0.05) is 0 Å². The molecule has 22 heavy (non-hydrogen) atoms. The molecule has 1 aliphatic rings. The van der Waals surface area contributed by atoms with Gasteiger partial charge in [0.15, 0.2) is 0 Å². The summed E-state index contributed by atoms with van der Waals surface area (Å²) in [6.45, 7) is 0. The van der Waals surface area contributed by atoms with Gasteiger partial charge in [-0.3, -0.25) is 0 Å². The van der Waals surface area contributed by atoms with Gasteiger partial charge in [-0.2, -0.15) is 0 Å². The number of hydrogen-bond acceptors (Lipinski definition) is 4. The third kappa shape index (κ3) is 4.21. The van der Waals surface area contributed by atoms with Gasteiger partial charge in [-0.15, -0.1) is 0 Å². The fraction of sp³-hybridized carbons (Fsp3) is 0.500. The van der Waals surface area contributed by atoms with Crippen LogP contribution in [0.15, 0.2) is 29.4 Å². The van der Waals surface area contributed by atoms with Crippen LogP contribution in [-0.4, -0.2) is 49.5 Å². The van der Waals surface area contributed by atoms with Crippen LogP contribution in [0.25, 0.3) is 5.57 Å². The molecule has 0 spiro atoms. The molecule has 0 amide bonds. The Morgan fingerprint density at radius 1 is 1.36 bits per heavy atom. The van der Waals surface area contributed by atoms with Gasteiger partial charge in [0, 0.05) is 0 Å². The molecular formula is C16H20NO4Pb. The molecule has 3 radical (unpaired) electrons. The Hall–Kier alpha value is -1.12. The second-order valence-corrected chi connectivity index (χ2v) is 8.64. The molecule has 5 nitrogen and oxygen atoms in total. The summed E-state index contributed by atoms with van der Waals surface area (Å²) in [6, 6.07) is 3.34. The van der Waals surface area contributed by atoms with Crippen molar-refractivity contribution in [1.29, 1.82) is 0 Å². The van der Waals surface area contributed by atoms with Crippen molar-refractivity contribution in [3.8, 4) is 0 Å². The van der Waals surface area contributed by atoms with Gasteiger partial charge in [-0.05, 0) is 0 Å². The fourth-order valence-electron chi connectivity index (χ4n) is 2.50. The number of pyridine rings is 1. The van der Waals surface area contributed by atoms with Crippen LogP contribution in [-0.2, 0) is 21.3 Å². The van der Waals surface area contributed by atoms with E-state index in [0.29, 0.717) is 5.56 Å². The van der Waals surface area contributed by atoms with Crippen LogP contribution in [0, 0.1) is 0 Å². The first-order valence-corrected chi connectivity index (χ1v) is 9.58. The topological polar surface area (TPSA) is 57.5 Å². The normalized spacial score (nSPS) is 22.2. The third-order valence-corrected chi connectivity index (χ3v) is 6.12. The van der Waals surface area contributed by atoms with Crippen LogP contribution in [0.1, 0.15) is 31.2 Å². The van der Waals surface area contributed by atoms with Gasteiger partial charge in [-0.25, -0.2) is 0 Å². The van der Waals surface area contributed by atoms with Crippen molar-refractivity contribution in [3.05, 3.63) is 40.5 Å². The molecule has 1 saturated carbocycles. The summed E-state index contributed by atoms with van der Waals surface area (Å²) in [5.41, 5.74) is 0.233. The van der Waals surface area contributed by atoms with Crippen molar-refractivity contribution < 1.29 is 14.3 Å². The molecule has 2 rings (SSSR count). The molecule has 1 heterocycles. The minimum absolute atomic E-state index is 0.123. The second-order valence-electron chi connectivity index (χ2n) is 5.47. The second kappa shape index (κ2) is 7.94. The molecule has 1 fully saturated rings. The van der Waals surface area contributed by atoms with Gasteiger partial charge >= 0.3 is 146 Å². The molecule has 6 heteroatoms. The van der Waals surface area contributed by atoms with E-state index in [-0.39, 0.29) is 17.2 Å². The predicted molar refractivity (Wildman–Crippen MR) is 84.5 cm³/mol. The van der Waals surface area contributed by atoms with Crippen LogP contribution < -0.4 is 5.56 Å². The molecule has 0 aliphatic heterocycles. The summed E-state index contributed by atoms with van der Waals surface area (Å²) in [4.78, 5) is 24.2. The number of aromatic nitrogens is 1. The third-order valence-electron chi connectivity index (χ3n) is 3.87. The van der Waals surface area contributed by atoms with Crippen LogP contribution >= 0.6 is 0 Å². The zero-order chi connectivity index (χ0) is 16.1. The summed E-state index contributed by atoms with van der Waals surface area (Å²) in [7, 11) is 2.95. The maximum absolute atomic E-state index is 12.2. The molecule has 0 N–H and O–H groups in total. The average Bonchev–Trinajstić information content (AvgIpc) is 2.52. The number of nitrogens with zero attached hydrogens (tertiary/aromatic N) is 1. The van der Waals surface area contributed by atoms with Crippen molar-refractivity contribution in [2.24, 2.45) is 7.05 Å². The SMILES string of the molecule is COC(=O)/C(=C/OC1CC[CH]([Pb])CC1)c1cccn(C)c1=O. The average molecular weight is 498 g/mol. The molecule has 1 aliphatic carbocycles. The van der Waals surface area contributed by atoms with Crippen molar-refractivity contribution in [3.63, 3.8) is 0 Å². The molecule has 1 aromatic rings. The van der Waals surface area contributed by atoms with E-state index in [0.717, 1.165) is 16.3 Å². The van der Waals surface area contributed by atoms with E-state index in [9.17, 15) is 9.59 Å². The van der Waals surface area contributed by atoms with Gasteiger partial charge in [0.25, 0.3) is 0 Å². The first-order chi connectivity index (χ1) is 10.5. The van der Waals surface area contributed by atoms with E-state index >= 15 is 0 Å². The number of ether oxygens (including phenoxy) is 2. The Labute approximate surface area is 146 Å². The first-order valence-electron chi connectivity index (χ1n) is 7.34.